The van der Waals surface area contributed by atoms with Crippen LogP contribution in [0.2, 0.25) is 25.7 Å². The Morgan fingerprint density at radius 3 is 2.67 bits per heavy atom. The highest BCUT2D eigenvalue weighted by Gasteiger charge is 2.42. The zero-order valence-electron chi connectivity index (χ0n) is 17.8. The van der Waals surface area contributed by atoms with E-state index in [2.05, 4.69) is 50.8 Å². The van der Waals surface area contributed by atoms with E-state index in [-0.39, 0.29) is 6.04 Å². The summed E-state index contributed by atoms with van der Waals surface area (Å²) in [6, 6.07) is 1.75. The van der Waals surface area contributed by atoms with Crippen LogP contribution in [0, 0.1) is 0 Å². The third-order valence-electron chi connectivity index (χ3n) is 6.06. The normalized spacial score (nSPS) is 23.9. The molecule has 2 atom stereocenters. The van der Waals surface area contributed by atoms with E-state index in [4.69, 9.17) is 14.8 Å². The summed E-state index contributed by atoms with van der Waals surface area (Å²) in [6.45, 7) is 8.26. The summed E-state index contributed by atoms with van der Waals surface area (Å²) >= 11 is 3.60. The van der Waals surface area contributed by atoms with Gasteiger partial charge in [-0.2, -0.15) is 0 Å². The molecule has 4 heterocycles. The van der Waals surface area contributed by atoms with Crippen molar-refractivity contribution in [2.24, 2.45) is 0 Å². The lowest BCUT2D eigenvalue weighted by atomic mass is 9.97. The third kappa shape index (κ3) is 4.65. The van der Waals surface area contributed by atoms with Crippen LogP contribution >= 0.6 is 15.9 Å². The fourth-order valence-electron chi connectivity index (χ4n) is 4.61. The molecule has 2 aliphatic heterocycles. The average molecular weight is 496 g/mol. The Labute approximate surface area is 186 Å². The second-order valence-corrected chi connectivity index (χ2v) is 16.1. The molecule has 8 nitrogen and oxygen atoms in total. The molecule has 0 radical (unpaired) electrons. The van der Waals surface area contributed by atoms with Crippen molar-refractivity contribution in [3.8, 4) is 0 Å². The number of fused-ring (bicyclic) bond motifs is 3. The minimum Gasteiger partial charge on any atom is -0.465 e. The summed E-state index contributed by atoms with van der Waals surface area (Å²) in [7, 11) is -1.12. The number of aromatic nitrogens is 3. The van der Waals surface area contributed by atoms with Gasteiger partial charge in [-0.25, -0.2) is 14.8 Å². The maximum Gasteiger partial charge on any atom is 0.404 e. The Kier molecular flexibility index (Phi) is 6.09. The van der Waals surface area contributed by atoms with Crippen LogP contribution in [0.4, 0.5) is 10.6 Å². The maximum absolute atomic E-state index is 11.0. The van der Waals surface area contributed by atoms with Gasteiger partial charge in [-0.15, -0.1) is 0 Å². The lowest BCUT2D eigenvalue weighted by Gasteiger charge is -2.39. The number of nitrogens with zero attached hydrogens (tertiary/aromatic N) is 4. The first-order chi connectivity index (χ1) is 14.2. The molecule has 4 rings (SSSR count). The molecule has 2 aromatic heterocycles. The van der Waals surface area contributed by atoms with E-state index in [0.717, 1.165) is 59.8 Å². The minimum absolute atomic E-state index is 0.0192. The zero-order valence-corrected chi connectivity index (χ0v) is 20.4. The van der Waals surface area contributed by atoms with E-state index in [1.54, 1.807) is 0 Å². The molecule has 1 amide bonds. The van der Waals surface area contributed by atoms with Gasteiger partial charge in [0, 0.05) is 39.0 Å². The van der Waals surface area contributed by atoms with E-state index in [0.29, 0.717) is 18.8 Å². The highest BCUT2D eigenvalue weighted by atomic mass is 79.9. The van der Waals surface area contributed by atoms with Gasteiger partial charge in [-0.05, 0) is 47.7 Å². The van der Waals surface area contributed by atoms with Crippen LogP contribution in [-0.4, -0.2) is 58.5 Å². The number of ether oxygens (including phenoxy) is 1. The van der Waals surface area contributed by atoms with E-state index >= 15 is 0 Å². The Hall–Kier alpha value is -1.65. The minimum atomic E-state index is -1.12. The Bertz CT molecular complexity index is 917. The smallest absolute Gasteiger partial charge is 0.404 e. The number of carboxylic acid groups (broad SMARTS) is 1. The Morgan fingerprint density at radius 1 is 1.33 bits per heavy atom. The molecule has 0 aliphatic carbocycles. The SMILES string of the molecule is C[Si](C)(C)CCOCn1cc(Br)c2ncc(N3C4CCC3CC(NC(=O)O)C4)nc21. The van der Waals surface area contributed by atoms with Gasteiger partial charge in [-0.1, -0.05) is 19.6 Å². The Balaban J connectivity index is 1.51. The van der Waals surface area contributed by atoms with Gasteiger partial charge in [0.15, 0.2) is 5.65 Å². The fraction of sp³-hybridized carbons (Fsp3) is 0.650. The number of rotatable bonds is 7. The molecule has 30 heavy (non-hydrogen) atoms. The number of hydrogen-bond acceptors (Lipinski definition) is 5. The molecule has 0 spiro atoms. The van der Waals surface area contributed by atoms with E-state index < -0.39 is 14.2 Å². The number of halogens is 1. The fourth-order valence-corrected chi connectivity index (χ4v) is 5.89. The van der Waals surface area contributed by atoms with Crippen LogP contribution in [0.5, 0.6) is 0 Å². The molecule has 164 valence electrons. The van der Waals surface area contributed by atoms with E-state index in [1.807, 2.05) is 17.0 Å². The van der Waals surface area contributed by atoms with Crippen LogP contribution in [-0.2, 0) is 11.5 Å². The summed E-state index contributed by atoms with van der Waals surface area (Å²) in [4.78, 5) is 23.0. The number of piperidine rings is 1. The van der Waals surface area contributed by atoms with Crippen molar-refractivity contribution in [2.75, 3.05) is 11.5 Å². The van der Waals surface area contributed by atoms with Gasteiger partial charge in [0.2, 0.25) is 0 Å². The number of hydrogen-bond donors (Lipinski definition) is 2. The van der Waals surface area contributed by atoms with Crippen LogP contribution in [0.3, 0.4) is 0 Å². The van der Waals surface area contributed by atoms with Crippen molar-refractivity contribution in [1.82, 2.24) is 19.9 Å². The third-order valence-corrected chi connectivity index (χ3v) is 8.35. The maximum atomic E-state index is 11.0. The molecule has 2 aliphatic rings. The summed E-state index contributed by atoms with van der Waals surface area (Å²) in [5.41, 5.74) is 1.65. The van der Waals surface area contributed by atoms with Crippen molar-refractivity contribution in [2.45, 2.75) is 76.2 Å². The van der Waals surface area contributed by atoms with Gasteiger partial charge in [0.05, 0.1) is 10.7 Å². The van der Waals surface area contributed by atoms with Gasteiger partial charge in [0.1, 0.15) is 18.1 Å². The first kappa shape index (κ1) is 21.6. The molecule has 2 aromatic rings. The second-order valence-electron chi connectivity index (χ2n) is 9.61. The molecule has 10 heteroatoms. The lowest BCUT2D eigenvalue weighted by Crippen LogP contribution is -2.50. The topological polar surface area (TPSA) is 92.5 Å². The summed E-state index contributed by atoms with van der Waals surface area (Å²) in [6.07, 6.45) is 6.64. The van der Waals surface area contributed by atoms with Crippen molar-refractivity contribution >= 4 is 47.1 Å². The zero-order chi connectivity index (χ0) is 21.5. The monoisotopic (exact) mass is 495 g/mol. The van der Waals surface area contributed by atoms with E-state index in [9.17, 15) is 4.79 Å². The quantitative estimate of drug-likeness (QED) is 0.439. The number of amides is 1. The molecule has 0 aromatic carbocycles. The van der Waals surface area contributed by atoms with Crippen molar-refractivity contribution in [3.63, 3.8) is 0 Å². The highest BCUT2D eigenvalue weighted by Crippen LogP contribution is 2.39. The summed E-state index contributed by atoms with van der Waals surface area (Å²) in [5.74, 6) is 0.873. The molecule has 2 unspecified atom stereocenters. The number of carbonyl (C=O) groups is 1. The predicted octanol–water partition coefficient (Wildman–Crippen LogP) is 4.27. The van der Waals surface area contributed by atoms with Crippen molar-refractivity contribution in [3.05, 3.63) is 16.9 Å². The van der Waals surface area contributed by atoms with Crippen LogP contribution < -0.4 is 10.2 Å². The average Bonchev–Trinajstić information content (AvgIpc) is 3.11. The van der Waals surface area contributed by atoms with Gasteiger partial charge < -0.3 is 24.6 Å². The van der Waals surface area contributed by atoms with Crippen LogP contribution in [0.15, 0.2) is 16.9 Å². The van der Waals surface area contributed by atoms with Crippen molar-refractivity contribution < 1.29 is 14.6 Å². The summed E-state index contributed by atoms with van der Waals surface area (Å²) in [5, 5.41) is 11.7. The van der Waals surface area contributed by atoms with Crippen molar-refractivity contribution in [1.29, 1.82) is 0 Å². The summed E-state index contributed by atoms with van der Waals surface area (Å²) < 4.78 is 8.87. The standard InChI is InChI=1S/C20H30BrN5O3Si/c1-30(2,3)7-6-29-12-25-11-16(21)18-19(25)24-17(10-22-18)26-14-4-5-15(26)9-13(8-14)23-20(27)28/h10-11,13-15,23H,4-9,12H2,1-3H3,(H,27,28). The largest absolute Gasteiger partial charge is 0.465 e. The number of nitrogens with one attached hydrogen (secondary N) is 1. The molecule has 2 saturated heterocycles. The lowest BCUT2D eigenvalue weighted by molar-refractivity contribution is 0.0898. The first-order valence-corrected chi connectivity index (χ1v) is 15.1. The molecule has 2 N–H and O–H groups in total. The van der Waals surface area contributed by atoms with Crippen LogP contribution in [0.1, 0.15) is 25.7 Å². The Morgan fingerprint density at radius 2 is 2.03 bits per heavy atom. The van der Waals surface area contributed by atoms with E-state index in [1.165, 1.54) is 0 Å². The molecule has 2 fully saturated rings. The molecular weight excluding hydrogens is 466 g/mol. The first-order valence-electron chi connectivity index (χ1n) is 10.6. The molecular formula is C20H30BrN5O3Si. The second kappa shape index (κ2) is 8.47. The molecule has 0 saturated carbocycles. The van der Waals surface area contributed by atoms with Gasteiger partial charge >= 0.3 is 6.09 Å². The number of anilines is 1. The molecule has 2 bridgehead atoms. The predicted molar refractivity (Wildman–Crippen MR) is 123 cm³/mol. The van der Waals surface area contributed by atoms with Gasteiger partial charge in [0.25, 0.3) is 0 Å². The van der Waals surface area contributed by atoms with Crippen LogP contribution in [0.25, 0.3) is 11.2 Å². The highest BCUT2D eigenvalue weighted by molar-refractivity contribution is 9.10. The van der Waals surface area contributed by atoms with Gasteiger partial charge in [-0.3, -0.25) is 0 Å².